The van der Waals surface area contributed by atoms with Crippen LogP contribution in [0.4, 0.5) is 5.69 Å². The van der Waals surface area contributed by atoms with Gasteiger partial charge in [0.2, 0.25) is 21.8 Å². The Kier molecular flexibility index (Phi) is 6.61. The molecule has 0 atom stereocenters. The zero-order valence-electron chi connectivity index (χ0n) is 19.6. The zero-order chi connectivity index (χ0) is 25.3. The van der Waals surface area contributed by atoms with Crippen LogP contribution in [-0.2, 0) is 21.2 Å². The first-order valence-electron chi connectivity index (χ1n) is 11.2. The van der Waals surface area contributed by atoms with Gasteiger partial charge < -0.3 is 11.1 Å². The normalized spacial score (nSPS) is 15.6. The Bertz CT molecular complexity index is 1450. The Morgan fingerprint density at radius 2 is 1.94 bits per heavy atom. The molecule has 35 heavy (non-hydrogen) atoms. The third-order valence-electron chi connectivity index (χ3n) is 6.50. The summed E-state index contributed by atoms with van der Waals surface area (Å²) in [5.41, 5.74) is 13.2. The number of nitrogens with two attached hydrogens (primary N) is 1. The average Bonchev–Trinajstić information content (AvgIpc) is 3.25. The average molecular weight is 491 g/mol. The van der Waals surface area contributed by atoms with Crippen molar-refractivity contribution in [3.05, 3.63) is 69.8 Å². The van der Waals surface area contributed by atoms with Crippen LogP contribution in [0.5, 0.6) is 0 Å². The van der Waals surface area contributed by atoms with Crippen LogP contribution in [0.2, 0.25) is 0 Å². The van der Waals surface area contributed by atoms with Gasteiger partial charge in [0.1, 0.15) is 6.42 Å². The van der Waals surface area contributed by atoms with E-state index in [0.717, 1.165) is 39.0 Å². The molecule has 0 bridgehead atoms. The van der Waals surface area contributed by atoms with E-state index in [-0.39, 0.29) is 12.3 Å². The molecule has 0 aromatic heterocycles. The first kappa shape index (κ1) is 24.4. The lowest BCUT2D eigenvalue weighted by Gasteiger charge is -2.24. The number of nitrogens with one attached hydrogen (secondary N) is 1. The van der Waals surface area contributed by atoms with E-state index in [1.54, 1.807) is 12.1 Å². The topological polar surface area (TPSA) is 133 Å². The highest BCUT2D eigenvalue weighted by molar-refractivity contribution is 7.88. The number of anilines is 1. The third-order valence-corrected chi connectivity index (χ3v) is 7.77. The van der Waals surface area contributed by atoms with Crippen molar-refractivity contribution in [2.75, 3.05) is 24.7 Å². The molecule has 3 N–H and O–H groups in total. The molecule has 4 rings (SSSR count). The molecule has 2 amide bonds. The van der Waals surface area contributed by atoms with Gasteiger partial charge in [0.05, 0.1) is 12.3 Å². The van der Waals surface area contributed by atoms with Gasteiger partial charge in [0, 0.05) is 24.3 Å². The zero-order valence-corrected chi connectivity index (χ0v) is 20.4. The van der Waals surface area contributed by atoms with Gasteiger partial charge in [-0.15, -0.1) is 0 Å². The van der Waals surface area contributed by atoms with Gasteiger partial charge in [-0.1, -0.05) is 30.4 Å². The maximum atomic E-state index is 12.2. The molecule has 2 aromatic rings. The summed E-state index contributed by atoms with van der Waals surface area (Å²) in [6.07, 6.45) is 6.09. The van der Waals surface area contributed by atoms with Gasteiger partial charge in [0.15, 0.2) is 0 Å². The minimum atomic E-state index is -3.25. The summed E-state index contributed by atoms with van der Waals surface area (Å²) in [5, 5.41) is 11.6. The standard InChI is InChI=1S/C26H26N4O4S/c1-16-19(4-3-5-24(16)29-25(31)8-11-27)20-6-7-21(26(28)32)23-15-18(14-22(20)23)17-9-12-30(13-10-17)35(2,33)34/h3-7,9,14H,8,10,12-13,15H2,1-2H3,(H2,28,32)(H,29,31). The van der Waals surface area contributed by atoms with Crippen LogP contribution < -0.4 is 11.1 Å². The van der Waals surface area contributed by atoms with E-state index < -0.39 is 15.9 Å². The van der Waals surface area contributed by atoms with E-state index >= 15 is 0 Å². The second-order valence-electron chi connectivity index (χ2n) is 8.73. The van der Waals surface area contributed by atoms with Gasteiger partial charge in [0.25, 0.3) is 0 Å². The minimum Gasteiger partial charge on any atom is -0.366 e. The largest absolute Gasteiger partial charge is 0.366 e. The van der Waals surface area contributed by atoms with Crippen LogP contribution >= 0.6 is 0 Å². The number of hydrogen-bond donors (Lipinski definition) is 2. The van der Waals surface area contributed by atoms with Crippen LogP contribution in [0.15, 0.2) is 47.6 Å². The molecule has 8 nitrogen and oxygen atoms in total. The van der Waals surface area contributed by atoms with E-state index in [1.165, 1.54) is 10.6 Å². The second kappa shape index (κ2) is 9.49. The Balaban J connectivity index is 1.76. The molecule has 180 valence electrons. The molecule has 0 spiro atoms. The number of primary amides is 1. The fourth-order valence-corrected chi connectivity index (χ4v) is 5.45. The molecule has 9 heteroatoms. The van der Waals surface area contributed by atoms with Gasteiger partial charge in [-0.25, -0.2) is 8.42 Å². The number of fused-ring (bicyclic) bond motifs is 1. The van der Waals surface area contributed by atoms with Crippen molar-refractivity contribution in [1.82, 2.24) is 4.31 Å². The molecule has 0 saturated carbocycles. The lowest BCUT2D eigenvalue weighted by molar-refractivity contribution is -0.115. The molecular weight excluding hydrogens is 464 g/mol. The molecule has 2 aromatic carbocycles. The summed E-state index contributed by atoms with van der Waals surface area (Å²) in [5.74, 6) is -0.880. The molecule has 0 fully saturated rings. The Labute approximate surface area is 204 Å². The fraction of sp³-hybridized carbons (Fsp3) is 0.269. The summed E-state index contributed by atoms with van der Waals surface area (Å²) in [6.45, 7) is 2.63. The number of benzene rings is 2. The monoisotopic (exact) mass is 490 g/mol. The molecule has 1 aliphatic carbocycles. The minimum absolute atomic E-state index is 0.232. The van der Waals surface area contributed by atoms with Crippen LogP contribution in [0, 0.1) is 18.3 Å². The van der Waals surface area contributed by atoms with E-state index in [0.29, 0.717) is 37.2 Å². The molecule has 0 unspecified atom stereocenters. The number of carbonyl (C=O) groups is 2. The van der Waals surface area contributed by atoms with Crippen LogP contribution in [0.25, 0.3) is 17.2 Å². The van der Waals surface area contributed by atoms with Crippen molar-refractivity contribution in [2.45, 2.75) is 26.2 Å². The van der Waals surface area contributed by atoms with Crippen molar-refractivity contribution < 1.29 is 18.0 Å². The van der Waals surface area contributed by atoms with Crippen molar-refractivity contribution >= 4 is 33.6 Å². The molecule has 2 aliphatic rings. The summed E-state index contributed by atoms with van der Waals surface area (Å²) in [4.78, 5) is 24.2. The van der Waals surface area contributed by atoms with Gasteiger partial charge in [-0.3, -0.25) is 9.59 Å². The highest BCUT2D eigenvalue weighted by Gasteiger charge is 2.27. The predicted molar refractivity (Wildman–Crippen MR) is 135 cm³/mol. The summed E-state index contributed by atoms with van der Waals surface area (Å²) in [7, 11) is -3.25. The van der Waals surface area contributed by atoms with E-state index in [2.05, 4.69) is 11.4 Å². The number of allylic oxidation sites excluding steroid dienone is 1. The quantitative estimate of drug-likeness (QED) is 0.642. The number of amides is 2. The summed E-state index contributed by atoms with van der Waals surface area (Å²) < 4.78 is 25.2. The lowest BCUT2D eigenvalue weighted by Crippen LogP contribution is -2.34. The van der Waals surface area contributed by atoms with Gasteiger partial charge >= 0.3 is 0 Å². The van der Waals surface area contributed by atoms with Crippen LogP contribution in [0.3, 0.4) is 0 Å². The maximum Gasteiger partial charge on any atom is 0.249 e. The fourth-order valence-electron chi connectivity index (χ4n) is 4.68. The second-order valence-corrected chi connectivity index (χ2v) is 10.7. The first-order valence-corrected chi connectivity index (χ1v) is 13.0. The smallest absolute Gasteiger partial charge is 0.249 e. The van der Waals surface area contributed by atoms with Crippen LogP contribution in [0.1, 0.15) is 39.9 Å². The van der Waals surface area contributed by atoms with Crippen molar-refractivity contribution in [2.24, 2.45) is 5.73 Å². The molecule has 1 aliphatic heterocycles. The molecule has 0 saturated heterocycles. The highest BCUT2D eigenvalue weighted by Crippen LogP contribution is 2.41. The SMILES string of the molecule is Cc1c(NC(=O)CC#N)cccc1-c1ccc(C(N)=O)c2c1C=C(C1=CCN(S(C)(=O)=O)CC1)C2. The highest BCUT2D eigenvalue weighted by atomic mass is 32.2. The predicted octanol–water partition coefficient (Wildman–Crippen LogP) is 3.14. The number of nitrogens with zero attached hydrogens (tertiary/aromatic N) is 2. The Hall–Kier alpha value is -3.74. The van der Waals surface area contributed by atoms with Gasteiger partial charge in [-0.2, -0.15) is 9.57 Å². The third kappa shape index (κ3) is 4.90. The maximum absolute atomic E-state index is 12.2. The van der Waals surface area contributed by atoms with Crippen LogP contribution in [-0.4, -0.2) is 43.9 Å². The molecule has 0 radical (unpaired) electrons. The number of rotatable bonds is 6. The number of nitriles is 1. The summed E-state index contributed by atoms with van der Waals surface area (Å²) in [6, 6.07) is 11.0. The van der Waals surface area contributed by atoms with Crippen molar-refractivity contribution in [3.63, 3.8) is 0 Å². The van der Waals surface area contributed by atoms with Gasteiger partial charge in [-0.05, 0) is 70.9 Å². The number of sulfonamides is 1. The van der Waals surface area contributed by atoms with Crippen molar-refractivity contribution in [1.29, 1.82) is 5.26 Å². The number of carbonyl (C=O) groups excluding carboxylic acids is 2. The summed E-state index contributed by atoms with van der Waals surface area (Å²) >= 11 is 0. The Morgan fingerprint density at radius 3 is 2.57 bits per heavy atom. The first-order chi connectivity index (χ1) is 16.6. The molecular formula is C26H26N4O4S. The molecule has 1 heterocycles. The van der Waals surface area contributed by atoms with E-state index in [9.17, 15) is 18.0 Å². The lowest BCUT2D eigenvalue weighted by atomic mass is 9.90. The van der Waals surface area contributed by atoms with E-state index in [4.69, 9.17) is 11.0 Å². The Morgan fingerprint density at radius 1 is 1.17 bits per heavy atom. The number of hydrogen-bond acceptors (Lipinski definition) is 5. The van der Waals surface area contributed by atoms with Crippen molar-refractivity contribution in [3.8, 4) is 17.2 Å². The van der Waals surface area contributed by atoms with E-state index in [1.807, 2.05) is 37.3 Å².